The molecule has 16 heavy (non-hydrogen) atoms. The van der Waals surface area contributed by atoms with Crippen molar-refractivity contribution in [1.82, 2.24) is 14.8 Å². The first-order valence-corrected chi connectivity index (χ1v) is 7.11. The van der Waals surface area contributed by atoms with Crippen LogP contribution in [0.15, 0.2) is 11.5 Å². The smallest absolute Gasteiger partial charge is 0.313 e. The third kappa shape index (κ3) is 4.05. The van der Waals surface area contributed by atoms with Crippen LogP contribution in [0.2, 0.25) is 0 Å². The van der Waals surface area contributed by atoms with Crippen LogP contribution in [0.1, 0.15) is 19.9 Å². The van der Waals surface area contributed by atoms with Gasteiger partial charge in [-0.05, 0) is 12.7 Å². The van der Waals surface area contributed by atoms with Gasteiger partial charge in [0.2, 0.25) is 0 Å². The number of aromatic nitrogens is 3. The van der Waals surface area contributed by atoms with E-state index in [2.05, 4.69) is 24.0 Å². The molecule has 0 fully saturated rings. The molecule has 90 valence electrons. The van der Waals surface area contributed by atoms with E-state index in [1.165, 1.54) is 11.8 Å². The number of hydrogen-bond acceptors (Lipinski definition) is 5. The summed E-state index contributed by atoms with van der Waals surface area (Å²) in [6.45, 7) is 4.19. The van der Waals surface area contributed by atoms with Crippen LogP contribution < -0.4 is 0 Å². The molecule has 1 rings (SSSR count). The van der Waals surface area contributed by atoms with Gasteiger partial charge in [-0.3, -0.25) is 4.79 Å². The average Bonchev–Trinajstić information content (AvgIpc) is 2.71. The normalized spacial score (nSPS) is 12.6. The molecule has 0 aromatic carbocycles. The van der Waals surface area contributed by atoms with Crippen LogP contribution >= 0.6 is 23.5 Å². The SMILES string of the molecule is CCSCC(C)n1cnnc1SCC(=O)O. The molecule has 1 heterocycles. The van der Waals surface area contributed by atoms with Gasteiger partial charge in [-0.25, -0.2) is 0 Å². The lowest BCUT2D eigenvalue weighted by molar-refractivity contribution is -0.133. The van der Waals surface area contributed by atoms with Crippen molar-refractivity contribution in [3.05, 3.63) is 6.33 Å². The Hall–Kier alpha value is -0.690. The van der Waals surface area contributed by atoms with Crippen molar-refractivity contribution in [1.29, 1.82) is 0 Å². The molecule has 5 nitrogen and oxygen atoms in total. The van der Waals surface area contributed by atoms with E-state index < -0.39 is 5.97 Å². The van der Waals surface area contributed by atoms with Gasteiger partial charge < -0.3 is 9.67 Å². The molecule has 0 aliphatic heterocycles. The van der Waals surface area contributed by atoms with Gasteiger partial charge in [0.1, 0.15) is 6.33 Å². The standard InChI is InChI=1S/C9H15N3O2S2/c1-3-15-4-7(2)12-6-10-11-9(12)16-5-8(13)14/h6-7H,3-5H2,1-2H3,(H,13,14). The summed E-state index contributed by atoms with van der Waals surface area (Å²) in [6, 6.07) is 0.288. The predicted octanol–water partition coefficient (Wildman–Crippen LogP) is 1.77. The van der Waals surface area contributed by atoms with Crippen molar-refractivity contribution in [2.45, 2.75) is 25.0 Å². The van der Waals surface area contributed by atoms with Gasteiger partial charge in [-0.1, -0.05) is 18.7 Å². The van der Waals surface area contributed by atoms with E-state index in [9.17, 15) is 4.79 Å². The van der Waals surface area contributed by atoms with E-state index in [1.54, 1.807) is 6.33 Å². The highest BCUT2D eigenvalue weighted by molar-refractivity contribution is 7.99. The summed E-state index contributed by atoms with van der Waals surface area (Å²) in [5.41, 5.74) is 0. The van der Waals surface area contributed by atoms with Crippen molar-refractivity contribution in [3.8, 4) is 0 Å². The fourth-order valence-corrected chi connectivity index (χ4v) is 2.60. The monoisotopic (exact) mass is 261 g/mol. The fraction of sp³-hybridized carbons (Fsp3) is 0.667. The highest BCUT2D eigenvalue weighted by atomic mass is 32.2. The van der Waals surface area contributed by atoms with Gasteiger partial charge in [-0.15, -0.1) is 10.2 Å². The molecule has 0 spiro atoms. The topological polar surface area (TPSA) is 68.0 Å². The second-order valence-corrected chi connectivity index (χ2v) is 5.47. The lowest BCUT2D eigenvalue weighted by atomic mass is 10.4. The van der Waals surface area contributed by atoms with Crippen LogP contribution in [0.4, 0.5) is 0 Å². The Morgan fingerprint density at radius 1 is 1.69 bits per heavy atom. The van der Waals surface area contributed by atoms with Gasteiger partial charge in [0.15, 0.2) is 5.16 Å². The number of carboxylic acids is 1. The van der Waals surface area contributed by atoms with Gasteiger partial charge >= 0.3 is 5.97 Å². The zero-order chi connectivity index (χ0) is 12.0. The molecule has 0 saturated heterocycles. The van der Waals surface area contributed by atoms with Crippen LogP contribution in [-0.4, -0.2) is 43.1 Å². The molecule has 1 N–H and O–H groups in total. The highest BCUT2D eigenvalue weighted by Gasteiger charge is 2.12. The van der Waals surface area contributed by atoms with E-state index in [1.807, 2.05) is 16.3 Å². The Bertz CT molecular complexity index is 343. The van der Waals surface area contributed by atoms with Crippen LogP contribution in [0.25, 0.3) is 0 Å². The van der Waals surface area contributed by atoms with Crippen molar-refractivity contribution >= 4 is 29.5 Å². The third-order valence-electron chi connectivity index (χ3n) is 1.90. The second-order valence-electron chi connectivity index (χ2n) is 3.21. The maximum atomic E-state index is 10.5. The molecule has 7 heteroatoms. The minimum absolute atomic E-state index is 0.0202. The van der Waals surface area contributed by atoms with Crippen LogP contribution in [0.5, 0.6) is 0 Å². The van der Waals surface area contributed by atoms with E-state index in [0.29, 0.717) is 5.16 Å². The lowest BCUT2D eigenvalue weighted by Crippen LogP contribution is -2.09. The molecule has 0 radical (unpaired) electrons. The first kappa shape index (κ1) is 13.4. The van der Waals surface area contributed by atoms with Crippen molar-refractivity contribution in [3.63, 3.8) is 0 Å². The molecule has 1 unspecified atom stereocenters. The summed E-state index contributed by atoms with van der Waals surface area (Å²) in [5, 5.41) is 17.0. The molecule has 1 atom stereocenters. The minimum atomic E-state index is -0.838. The molecular formula is C9H15N3O2S2. The first-order chi connectivity index (χ1) is 7.65. The first-order valence-electron chi connectivity index (χ1n) is 4.97. The van der Waals surface area contributed by atoms with Gasteiger partial charge in [0, 0.05) is 11.8 Å². The van der Waals surface area contributed by atoms with E-state index >= 15 is 0 Å². The molecule has 1 aromatic rings. The minimum Gasteiger partial charge on any atom is -0.481 e. The Morgan fingerprint density at radius 2 is 2.44 bits per heavy atom. The molecule has 0 bridgehead atoms. The highest BCUT2D eigenvalue weighted by Crippen LogP contribution is 2.21. The maximum absolute atomic E-state index is 10.5. The van der Waals surface area contributed by atoms with Crippen molar-refractivity contribution in [2.75, 3.05) is 17.3 Å². The summed E-state index contributed by atoms with van der Waals surface area (Å²) in [5.74, 6) is 1.24. The largest absolute Gasteiger partial charge is 0.481 e. The maximum Gasteiger partial charge on any atom is 0.313 e. The predicted molar refractivity (Wildman–Crippen MR) is 66.1 cm³/mol. The number of hydrogen-bond donors (Lipinski definition) is 1. The second kappa shape index (κ2) is 6.80. The molecule has 0 aliphatic rings. The van der Waals surface area contributed by atoms with Crippen molar-refractivity contribution in [2.24, 2.45) is 0 Å². The summed E-state index contributed by atoms with van der Waals surface area (Å²) < 4.78 is 1.93. The number of rotatable bonds is 7. The summed E-state index contributed by atoms with van der Waals surface area (Å²) in [4.78, 5) is 10.5. The Balaban J connectivity index is 2.58. The van der Waals surface area contributed by atoms with E-state index in [-0.39, 0.29) is 11.8 Å². The number of aliphatic carboxylic acids is 1. The van der Waals surface area contributed by atoms with E-state index in [0.717, 1.165) is 11.5 Å². The quantitative estimate of drug-likeness (QED) is 0.754. The number of nitrogens with zero attached hydrogens (tertiary/aromatic N) is 3. The molecule has 1 aromatic heterocycles. The van der Waals surface area contributed by atoms with Crippen LogP contribution in [-0.2, 0) is 4.79 Å². The number of carbonyl (C=O) groups is 1. The van der Waals surface area contributed by atoms with E-state index in [4.69, 9.17) is 5.11 Å². The van der Waals surface area contributed by atoms with Gasteiger partial charge in [-0.2, -0.15) is 11.8 Å². The molecular weight excluding hydrogens is 246 g/mol. The lowest BCUT2D eigenvalue weighted by Gasteiger charge is -2.13. The zero-order valence-electron chi connectivity index (χ0n) is 9.29. The zero-order valence-corrected chi connectivity index (χ0v) is 10.9. The van der Waals surface area contributed by atoms with Gasteiger partial charge in [0.25, 0.3) is 0 Å². The Morgan fingerprint density at radius 3 is 3.06 bits per heavy atom. The summed E-state index contributed by atoms with van der Waals surface area (Å²) >= 11 is 3.05. The molecule has 0 amide bonds. The van der Waals surface area contributed by atoms with Gasteiger partial charge in [0.05, 0.1) is 5.75 Å². The van der Waals surface area contributed by atoms with Crippen LogP contribution in [0.3, 0.4) is 0 Å². The average molecular weight is 261 g/mol. The number of thioether (sulfide) groups is 2. The summed E-state index contributed by atoms with van der Waals surface area (Å²) in [7, 11) is 0. The van der Waals surface area contributed by atoms with Crippen LogP contribution in [0, 0.1) is 0 Å². The molecule has 0 saturated carbocycles. The van der Waals surface area contributed by atoms with Crippen molar-refractivity contribution < 1.29 is 9.90 Å². The Kier molecular flexibility index (Phi) is 5.68. The summed E-state index contributed by atoms with van der Waals surface area (Å²) in [6.07, 6.45) is 1.66. The fourth-order valence-electron chi connectivity index (χ4n) is 1.13. The third-order valence-corrected chi connectivity index (χ3v) is 3.97. The Labute approximate surface area is 103 Å². The molecule has 0 aliphatic carbocycles. The number of carboxylic acid groups (broad SMARTS) is 1.